The van der Waals surface area contributed by atoms with Crippen molar-refractivity contribution in [3.8, 4) is 10.7 Å². The molecule has 0 atom stereocenters. The Morgan fingerprint density at radius 2 is 2.24 bits per heavy atom. The maximum atomic E-state index is 5.79. The van der Waals surface area contributed by atoms with E-state index in [1.807, 2.05) is 12.1 Å². The largest absolute Gasteiger partial charge is 0.317 e. The Morgan fingerprint density at radius 3 is 2.94 bits per heavy atom. The molecule has 0 fully saturated rings. The van der Waals surface area contributed by atoms with Crippen LogP contribution in [0.4, 0.5) is 0 Å². The second kappa shape index (κ2) is 6.05. The molecule has 6 heteroatoms. The normalized spacial score (nSPS) is 10.7. The van der Waals surface area contributed by atoms with Gasteiger partial charge in [-0.2, -0.15) is 0 Å². The Kier molecular flexibility index (Phi) is 4.42. The summed E-state index contributed by atoms with van der Waals surface area (Å²) in [6.07, 6.45) is 2.52. The molecule has 0 bridgehead atoms. The van der Waals surface area contributed by atoms with Crippen LogP contribution in [0.15, 0.2) is 18.3 Å². The van der Waals surface area contributed by atoms with Crippen molar-refractivity contribution in [1.82, 2.24) is 20.5 Å². The van der Waals surface area contributed by atoms with Crippen LogP contribution in [0, 0.1) is 0 Å². The zero-order valence-corrected chi connectivity index (χ0v) is 11.1. The van der Waals surface area contributed by atoms with Crippen molar-refractivity contribution in [2.75, 3.05) is 13.1 Å². The molecule has 90 valence electrons. The van der Waals surface area contributed by atoms with Crippen LogP contribution in [0.5, 0.6) is 0 Å². The lowest BCUT2D eigenvalue weighted by Gasteiger charge is -1.96. The monoisotopic (exact) mass is 268 g/mol. The molecule has 0 aliphatic heterocycles. The van der Waals surface area contributed by atoms with Crippen LogP contribution in [0.1, 0.15) is 11.9 Å². The van der Waals surface area contributed by atoms with Gasteiger partial charge in [0.15, 0.2) is 5.01 Å². The summed E-state index contributed by atoms with van der Waals surface area (Å²) in [5, 5.41) is 14.0. The SMILES string of the molecule is CCNCCc1nnc(-c2ccc(Cl)cn2)s1. The van der Waals surface area contributed by atoms with Crippen molar-refractivity contribution < 1.29 is 0 Å². The molecule has 0 radical (unpaired) electrons. The first kappa shape index (κ1) is 12.4. The highest BCUT2D eigenvalue weighted by Crippen LogP contribution is 2.22. The van der Waals surface area contributed by atoms with E-state index in [4.69, 9.17) is 11.6 Å². The molecular formula is C11H13ClN4S. The van der Waals surface area contributed by atoms with E-state index in [2.05, 4.69) is 27.4 Å². The minimum absolute atomic E-state index is 0.630. The second-order valence-corrected chi connectivity index (χ2v) is 4.96. The molecule has 0 aliphatic rings. The molecule has 0 spiro atoms. The van der Waals surface area contributed by atoms with Crippen LogP contribution in [-0.4, -0.2) is 28.3 Å². The summed E-state index contributed by atoms with van der Waals surface area (Å²) in [5.74, 6) is 0. The highest BCUT2D eigenvalue weighted by Gasteiger charge is 2.07. The predicted octanol–water partition coefficient (Wildman–Crippen LogP) is 2.41. The number of rotatable bonds is 5. The number of pyridine rings is 1. The molecular weight excluding hydrogens is 256 g/mol. The minimum Gasteiger partial charge on any atom is -0.317 e. The van der Waals surface area contributed by atoms with Gasteiger partial charge in [0.05, 0.1) is 5.02 Å². The molecule has 0 unspecified atom stereocenters. The van der Waals surface area contributed by atoms with Gasteiger partial charge in [0, 0.05) is 19.2 Å². The van der Waals surface area contributed by atoms with Gasteiger partial charge in [0.2, 0.25) is 0 Å². The highest BCUT2D eigenvalue weighted by molar-refractivity contribution is 7.14. The van der Waals surface area contributed by atoms with Crippen LogP contribution < -0.4 is 5.32 Å². The van der Waals surface area contributed by atoms with E-state index in [1.54, 1.807) is 17.5 Å². The number of hydrogen-bond acceptors (Lipinski definition) is 5. The molecule has 1 N–H and O–H groups in total. The standard InChI is InChI=1S/C11H13ClN4S/c1-2-13-6-5-10-15-16-11(17-10)9-4-3-8(12)7-14-9/h3-4,7,13H,2,5-6H2,1H3. The molecule has 0 aliphatic carbocycles. The van der Waals surface area contributed by atoms with Crippen LogP contribution >= 0.6 is 22.9 Å². The van der Waals surface area contributed by atoms with Gasteiger partial charge >= 0.3 is 0 Å². The van der Waals surface area contributed by atoms with Gasteiger partial charge in [-0.3, -0.25) is 4.98 Å². The average molecular weight is 269 g/mol. The summed E-state index contributed by atoms with van der Waals surface area (Å²) in [6, 6.07) is 3.67. The summed E-state index contributed by atoms with van der Waals surface area (Å²) in [7, 11) is 0. The van der Waals surface area contributed by atoms with Gasteiger partial charge in [0.1, 0.15) is 10.7 Å². The number of likely N-dealkylation sites (N-methyl/N-ethyl adjacent to an activating group) is 1. The lowest BCUT2D eigenvalue weighted by Crippen LogP contribution is -2.15. The van der Waals surface area contributed by atoms with Crippen LogP contribution in [0.3, 0.4) is 0 Å². The molecule has 2 aromatic heterocycles. The molecule has 2 heterocycles. The second-order valence-electron chi connectivity index (χ2n) is 3.47. The van der Waals surface area contributed by atoms with E-state index in [0.29, 0.717) is 5.02 Å². The van der Waals surface area contributed by atoms with Crippen LogP contribution in [-0.2, 0) is 6.42 Å². The fourth-order valence-corrected chi connectivity index (χ4v) is 2.26. The lowest BCUT2D eigenvalue weighted by atomic mass is 10.4. The van der Waals surface area contributed by atoms with Crippen LogP contribution in [0.25, 0.3) is 10.7 Å². The number of aromatic nitrogens is 3. The zero-order valence-electron chi connectivity index (χ0n) is 9.48. The number of halogens is 1. The third-order valence-electron chi connectivity index (χ3n) is 2.18. The van der Waals surface area contributed by atoms with Crippen molar-refractivity contribution in [1.29, 1.82) is 0 Å². The fourth-order valence-electron chi connectivity index (χ4n) is 1.33. The topological polar surface area (TPSA) is 50.7 Å². The summed E-state index contributed by atoms with van der Waals surface area (Å²) >= 11 is 7.36. The van der Waals surface area contributed by atoms with Gasteiger partial charge in [0.25, 0.3) is 0 Å². The Balaban J connectivity index is 2.04. The van der Waals surface area contributed by atoms with Gasteiger partial charge in [-0.1, -0.05) is 29.9 Å². The summed E-state index contributed by atoms with van der Waals surface area (Å²) in [4.78, 5) is 4.22. The van der Waals surface area contributed by atoms with Crippen molar-refractivity contribution >= 4 is 22.9 Å². The first-order chi connectivity index (χ1) is 8.29. The summed E-state index contributed by atoms with van der Waals surface area (Å²) in [6.45, 7) is 3.99. The van der Waals surface area contributed by atoms with Crippen molar-refractivity contribution in [3.05, 3.63) is 28.4 Å². The number of nitrogens with zero attached hydrogens (tertiary/aromatic N) is 3. The van der Waals surface area contributed by atoms with Gasteiger partial charge in [-0.25, -0.2) is 0 Å². The van der Waals surface area contributed by atoms with E-state index < -0.39 is 0 Å². The van der Waals surface area contributed by atoms with Gasteiger partial charge in [-0.15, -0.1) is 10.2 Å². The molecule has 0 amide bonds. The maximum absolute atomic E-state index is 5.79. The third-order valence-corrected chi connectivity index (χ3v) is 3.41. The number of nitrogens with one attached hydrogen (secondary N) is 1. The van der Waals surface area contributed by atoms with E-state index >= 15 is 0 Å². The average Bonchev–Trinajstić information content (AvgIpc) is 2.79. The molecule has 0 saturated heterocycles. The van der Waals surface area contributed by atoms with Gasteiger partial charge in [-0.05, 0) is 18.7 Å². The Morgan fingerprint density at radius 1 is 1.35 bits per heavy atom. The van der Waals surface area contributed by atoms with Crippen molar-refractivity contribution in [3.63, 3.8) is 0 Å². The van der Waals surface area contributed by atoms with E-state index in [9.17, 15) is 0 Å². The predicted molar refractivity (Wildman–Crippen MR) is 70.4 cm³/mol. The van der Waals surface area contributed by atoms with Crippen LogP contribution in [0.2, 0.25) is 5.02 Å². The molecule has 0 saturated carbocycles. The third kappa shape index (κ3) is 3.46. The van der Waals surface area contributed by atoms with Gasteiger partial charge < -0.3 is 5.32 Å². The first-order valence-electron chi connectivity index (χ1n) is 5.44. The quantitative estimate of drug-likeness (QED) is 0.846. The molecule has 17 heavy (non-hydrogen) atoms. The van der Waals surface area contributed by atoms with E-state index in [1.165, 1.54) is 0 Å². The first-order valence-corrected chi connectivity index (χ1v) is 6.64. The molecule has 0 aromatic carbocycles. The molecule has 4 nitrogen and oxygen atoms in total. The maximum Gasteiger partial charge on any atom is 0.166 e. The highest BCUT2D eigenvalue weighted by atomic mass is 35.5. The Labute approximate surface area is 109 Å². The van der Waals surface area contributed by atoms with Crippen molar-refractivity contribution in [2.24, 2.45) is 0 Å². The fraction of sp³-hybridized carbons (Fsp3) is 0.364. The molecule has 2 rings (SSSR count). The minimum atomic E-state index is 0.630. The van der Waals surface area contributed by atoms with Crippen molar-refractivity contribution in [2.45, 2.75) is 13.3 Å². The Hall–Kier alpha value is -1.04. The Bertz CT molecular complexity index is 469. The number of hydrogen-bond donors (Lipinski definition) is 1. The summed E-state index contributed by atoms with van der Waals surface area (Å²) < 4.78 is 0. The zero-order chi connectivity index (χ0) is 12.1. The molecule has 2 aromatic rings. The lowest BCUT2D eigenvalue weighted by molar-refractivity contribution is 0.710. The summed E-state index contributed by atoms with van der Waals surface area (Å²) in [5.41, 5.74) is 0.821. The van der Waals surface area contributed by atoms with E-state index in [-0.39, 0.29) is 0 Å². The van der Waals surface area contributed by atoms with E-state index in [0.717, 1.165) is 35.2 Å². The smallest absolute Gasteiger partial charge is 0.166 e.